The lowest BCUT2D eigenvalue weighted by Crippen LogP contribution is -2.58. The quantitative estimate of drug-likeness (QED) is 0.612. The van der Waals surface area contributed by atoms with E-state index in [1.807, 2.05) is 0 Å². The second-order valence-electron chi connectivity index (χ2n) is 5.86. The molecule has 0 spiro atoms. The van der Waals surface area contributed by atoms with E-state index in [1.54, 1.807) is 0 Å². The first-order chi connectivity index (χ1) is 12.9. The van der Waals surface area contributed by atoms with Crippen molar-refractivity contribution < 1.29 is 29.5 Å². The summed E-state index contributed by atoms with van der Waals surface area (Å²) in [4.78, 5) is 16.4. The standard InChI is InChI=1S/C16H13F5N4O/c1-10-4-11(6-12(5-10)16(19,20)21)14-22-9-25(23-14)3-2-13(26)24-7-15(17,18)8-24/h2-6,9H,7-8H2,1H3/b3-2-/i2D,9D. The summed E-state index contributed by atoms with van der Waals surface area (Å²) < 4.78 is 80.7. The predicted octanol–water partition coefficient (Wildman–Crippen LogP) is 3.22. The number of alkyl halides is 5. The Labute approximate surface area is 147 Å². The van der Waals surface area contributed by atoms with E-state index in [9.17, 15) is 26.7 Å². The summed E-state index contributed by atoms with van der Waals surface area (Å²) in [5.74, 6) is -4.17. The number of aromatic nitrogens is 3. The number of hydrogen-bond donors (Lipinski definition) is 0. The van der Waals surface area contributed by atoms with Crippen molar-refractivity contribution in [2.45, 2.75) is 19.0 Å². The van der Waals surface area contributed by atoms with Crippen LogP contribution in [0, 0.1) is 6.92 Å². The predicted molar refractivity (Wildman–Crippen MR) is 82.1 cm³/mol. The summed E-state index contributed by atoms with van der Waals surface area (Å²) in [6, 6.07) is 2.46. The number of aryl methyl sites for hydroxylation is 1. The summed E-state index contributed by atoms with van der Waals surface area (Å²) in [6.45, 7) is -0.148. The topological polar surface area (TPSA) is 51.0 Å². The molecule has 26 heavy (non-hydrogen) atoms. The van der Waals surface area contributed by atoms with Crippen molar-refractivity contribution in [3.05, 3.63) is 41.7 Å². The maximum atomic E-state index is 13.0. The number of carbonyl (C=O) groups is 1. The van der Waals surface area contributed by atoms with Gasteiger partial charge in [0.1, 0.15) is 7.67 Å². The Bertz CT molecular complexity index is 962. The van der Waals surface area contributed by atoms with Gasteiger partial charge in [0.2, 0.25) is 5.91 Å². The largest absolute Gasteiger partial charge is 0.416 e. The number of rotatable bonds is 3. The molecule has 1 aromatic carbocycles. The van der Waals surface area contributed by atoms with Gasteiger partial charge < -0.3 is 4.90 Å². The summed E-state index contributed by atoms with van der Waals surface area (Å²) in [6.07, 6.45) is -4.30. The lowest BCUT2D eigenvalue weighted by atomic mass is 10.1. The van der Waals surface area contributed by atoms with Gasteiger partial charge in [0.15, 0.2) is 5.82 Å². The van der Waals surface area contributed by atoms with E-state index in [0.29, 0.717) is 5.56 Å². The second-order valence-corrected chi connectivity index (χ2v) is 5.86. The third-order valence-electron chi connectivity index (χ3n) is 3.57. The molecule has 0 radical (unpaired) electrons. The van der Waals surface area contributed by atoms with E-state index in [1.165, 1.54) is 13.0 Å². The number of amides is 1. The van der Waals surface area contributed by atoms with Crippen LogP contribution >= 0.6 is 0 Å². The van der Waals surface area contributed by atoms with Gasteiger partial charge in [0.25, 0.3) is 5.92 Å². The molecule has 10 heteroatoms. The number of halogens is 5. The van der Waals surface area contributed by atoms with Crippen LogP contribution in [-0.2, 0) is 11.0 Å². The van der Waals surface area contributed by atoms with E-state index in [-0.39, 0.29) is 11.4 Å². The highest BCUT2D eigenvalue weighted by molar-refractivity contribution is 5.90. The fourth-order valence-electron chi connectivity index (χ4n) is 2.36. The molecule has 138 valence electrons. The molecule has 0 bridgehead atoms. The smallest absolute Gasteiger partial charge is 0.327 e. The Morgan fingerprint density at radius 2 is 2.04 bits per heavy atom. The molecule has 1 aliphatic heterocycles. The molecule has 1 amide bonds. The van der Waals surface area contributed by atoms with Gasteiger partial charge in [0, 0.05) is 17.8 Å². The molecule has 0 unspecified atom stereocenters. The van der Waals surface area contributed by atoms with Gasteiger partial charge in [-0.3, -0.25) is 4.79 Å². The number of nitrogens with zero attached hydrogens (tertiary/aromatic N) is 4. The Hall–Kier alpha value is -2.78. The normalized spacial score (nSPS) is 18.2. The van der Waals surface area contributed by atoms with Crippen LogP contribution in [0.2, 0.25) is 0 Å². The Morgan fingerprint density at radius 1 is 1.35 bits per heavy atom. The van der Waals surface area contributed by atoms with Crippen molar-refractivity contribution in [1.82, 2.24) is 19.7 Å². The van der Waals surface area contributed by atoms with Crippen molar-refractivity contribution in [2.24, 2.45) is 0 Å². The van der Waals surface area contributed by atoms with Gasteiger partial charge in [-0.25, -0.2) is 18.4 Å². The van der Waals surface area contributed by atoms with E-state index in [4.69, 9.17) is 2.74 Å². The van der Waals surface area contributed by atoms with E-state index in [0.717, 1.165) is 27.9 Å². The molecule has 1 saturated heterocycles. The monoisotopic (exact) mass is 374 g/mol. The van der Waals surface area contributed by atoms with Crippen LogP contribution in [0.3, 0.4) is 0 Å². The Balaban J connectivity index is 1.88. The highest BCUT2D eigenvalue weighted by atomic mass is 19.4. The van der Waals surface area contributed by atoms with Crippen LogP contribution in [0.4, 0.5) is 22.0 Å². The number of hydrogen-bond acceptors (Lipinski definition) is 3. The summed E-state index contributed by atoms with van der Waals surface area (Å²) >= 11 is 0. The SMILES string of the molecule is [2H]/C(=C/n1nc(-c2cc(C)cc(C(F)(F)F)c2)nc1[2H])C(=O)N1CC(F)(F)C1. The minimum absolute atomic E-state index is 0.00761. The van der Waals surface area contributed by atoms with Crippen molar-refractivity contribution in [3.63, 3.8) is 0 Å². The highest BCUT2D eigenvalue weighted by Gasteiger charge is 2.45. The zero-order valence-electron chi connectivity index (χ0n) is 15.3. The van der Waals surface area contributed by atoms with Gasteiger partial charge in [-0.05, 0) is 30.7 Å². The molecule has 1 fully saturated rings. The molecular formula is C16H13F5N4O. The minimum atomic E-state index is -4.58. The first kappa shape index (κ1) is 15.5. The summed E-state index contributed by atoms with van der Waals surface area (Å²) in [7, 11) is 0. The maximum absolute atomic E-state index is 13.0. The first-order valence-corrected chi connectivity index (χ1v) is 7.34. The van der Waals surface area contributed by atoms with E-state index in [2.05, 4.69) is 10.1 Å². The maximum Gasteiger partial charge on any atom is 0.416 e. The third kappa shape index (κ3) is 3.89. The highest BCUT2D eigenvalue weighted by Crippen LogP contribution is 2.32. The van der Waals surface area contributed by atoms with Gasteiger partial charge in [0.05, 0.1) is 20.0 Å². The number of likely N-dealkylation sites (tertiary alicyclic amines) is 1. The molecule has 5 nitrogen and oxygen atoms in total. The van der Waals surface area contributed by atoms with Crippen molar-refractivity contribution >= 4 is 12.1 Å². The zero-order chi connectivity index (χ0) is 20.9. The molecule has 0 aliphatic carbocycles. The molecule has 2 heterocycles. The van der Waals surface area contributed by atoms with Gasteiger partial charge in [-0.2, -0.15) is 13.2 Å². The summed E-state index contributed by atoms with van der Waals surface area (Å²) in [5.41, 5.74) is -0.595. The molecule has 0 atom stereocenters. The average Bonchev–Trinajstić information content (AvgIpc) is 2.91. The van der Waals surface area contributed by atoms with E-state index >= 15 is 0 Å². The van der Waals surface area contributed by atoms with Gasteiger partial charge >= 0.3 is 6.18 Å². The van der Waals surface area contributed by atoms with Crippen LogP contribution in [0.15, 0.2) is 30.6 Å². The third-order valence-corrected chi connectivity index (χ3v) is 3.57. The van der Waals surface area contributed by atoms with Crippen molar-refractivity contribution in [2.75, 3.05) is 13.1 Å². The van der Waals surface area contributed by atoms with Crippen LogP contribution < -0.4 is 0 Å². The van der Waals surface area contributed by atoms with Crippen LogP contribution in [0.1, 0.15) is 13.9 Å². The summed E-state index contributed by atoms with van der Waals surface area (Å²) in [5, 5.41) is 3.83. The lowest BCUT2D eigenvalue weighted by molar-refractivity contribution is -0.160. The molecule has 1 aromatic heterocycles. The molecular weight excluding hydrogens is 359 g/mol. The molecule has 3 rings (SSSR count). The van der Waals surface area contributed by atoms with Crippen LogP contribution in [0.25, 0.3) is 17.6 Å². The number of carbonyl (C=O) groups excluding carboxylic acids is 1. The van der Waals surface area contributed by atoms with E-state index < -0.39 is 49.0 Å². The Morgan fingerprint density at radius 3 is 2.65 bits per heavy atom. The first-order valence-electron chi connectivity index (χ1n) is 8.34. The zero-order valence-corrected chi connectivity index (χ0v) is 13.3. The number of benzene rings is 1. The minimum Gasteiger partial charge on any atom is -0.327 e. The fraction of sp³-hybridized carbons (Fsp3) is 0.312. The molecule has 0 N–H and O–H groups in total. The Kier molecular flexibility index (Phi) is 3.68. The second kappa shape index (κ2) is 6.19. The van der Waals surface area contributed by atoms with Crippen LogP contribution in [0.5, 0.6) is 0 Å². The lowest BCUT2D eigenvalue weighted by Gasteiger charge is -2.37. The molecule has 0 saturated carbocycles. The van der Waals surface area contributed by atoms with Crippen molar-refractivity contribution in [3.8, 4) is 11.4 Å². The average molecular weight is 374 g/mol. The fourth-order valence-corrected chi connectivity index (χ4v) is 2.36. The molecule has 1 aliphatic rings. The molecule has 2 aromatic rings. The van der Waals surface area contributed by atoms with Gasteiger partial charge in [-0.1, -0.05) is 0 Å². The van der Waals surface area contributed by atoms with Crippen LogP contribution in [-0.4, -0.2) is 44.6 Å². The van der Waals surface area contributed by atoms with Gasteiger partial charge in [-0.15, -0.1) is 5.10 Å². The van der Waals surface area contributed by atoms with Crippen molar-refractivity contribution in [1.29, 1.82) is 0 Å².